The Bertz CT molecular complexity index is 141. The molecule has 0 spiro atoms. The summed E-state index contributed by atoms with van der Waals surface area (Å²) in [5.41, 5.74) is 0.311. The second-order valence-electron chi connectivity index (χ2n) is 3.97. The minimum Gasteiger partial charge on any atom is -0.356 e. The van der Waals surface area contributed by atoms with Crippen LogP contribution in [0.15, 0.2) is 0 Å². The van der Waals surface area contributed by atoms with Gasteiger partial charge in [-0.2, -0.15) is 0 Å². The molecule has 0 aliphatic rings. The molecule has 2 heteroatoms. The molecule has 0 rings (SSSR count). The number of hydrogen-bond acceptors (Lipinski definition) is 1. The van der Waals surface area contributed by atoms with Crippen LogP contribution < -0.4 is 5.32 Å². The molecule has 0 aliphatic heterocycles. The molecular formula is C10H21NO. The molecule has 72 valence electrons. The Morgan fingerprint density at radius 2 is 1.92 bits per heavy atom. The first-order valence-corrected chi connectivity index (χ1v) is 4.78. The molecule has 0 fully saturated rings. The van der Waals surface area contributed by atoms with Crippen molar-refractivity contribution in [1.82, 2.24) is 5.32 Å². The van der Waals surface area contributed by atoms with Gasteiger partial charge in [-0.3, -0.25) is 4.79 Å². The molecule has 0 atom stereocenters. The van der Waals surface area contributed by atoms with Crippen LogP contribution in [0.1, 0.15) is 47.0 Å². The molecule has 0 heterocycles. The Kier molecular flexibility index (Phi) is 4.95. The van der Waals surface area contributed by atoms with E-state index in [4.69, 9.17) is 0 Å². The van der Waals surface area contributed by atoms with E-state index in [1.165, 1.54) is 0 Å². The average molecular weight is 171 g/mol. The van der Waals surface area contributed by atoms with E-state index in [-0.39, 0.29) is 5.91 Å². The number of hydrogen-bond donors (Lipinski definition) is 1. The minimum absolute atomic E-state index is 0.180. The SMILES string of the molecule is CCNC(=O)CCC(C)(C)CC. The van der Waals surface area contributed by atoms with Crippen LogP contribution in [-0.2, 0) is 4.79 Å². The first-order valence-electron chi connectivity index (χ1n) is 4.78. The van der Waals surface area contributed by atoms with E-state index in [1.807, 2.05) is 6.92 Å². The third-order valence-corrected chi connectivity index (χ3v) is 2.36. The summed E-state index contributed by atoms with van der Waals surface area (Å²) in [7, 11) is 0. The smallest absolute Gasteiger partial charge is 0.220 e. The van der Waals surface area contributed by atoms with E-state index in [2.05, 4.69) is 26.1 Å². The van der Waals surface area contributed by atoms with E-state index in [0.29, 0.717) is 11.8 Å². The van der Waals surface area contributed by atoms with Crippen molar-refractivity contribution < 1.29 is 4.79 Å². The van der Waals surface area contributed by atoms with Gasteiger partial charge in [-0.15, -0.1) is 0 Å². The van der Waals surface area contributed by atoms with Crippen LogP contribution in [-0.4, -0.2) is 12.5 Å². The summed E-state index contributed by atoms with van der Waals surface area (Å²) in [6.45, 7) is 9.25. The molecule has 0 aromatic carbocycles. The van der Waals surface area contributed by atoms with E-state index >= 15 is 0 Å². The zero-order valence-corrected chi connectivity index (χ0v) is 8.74. The van der Waals surface area contributed by atoms with Gasteiger partial charge in [0.1, 0.15) is 0 Å². The first-order chi connectivity index (χ1) is 5.52. The molecule has 1 N–H and O–H groups in total. The average Bonchev–Trinajstić information content (AvgIpc) is 2.02. The maximum Gasteiger partial charge on any atom is 0.220 e. The van der Waals surface area contributed by atoms with Crippen molar-refractivity contribution in [2.75, 3.05) is 6.54 Å². The fraction of sp³-hybridized carbons (Fsp3) is 0.900. The fourth-order valence-electron chi connectivity index (χ4n) is 0.914. The first kappa shape index (κ1) is 11.5. The maximum atomic E-state index is 11.1. The molecular weight excluding hydrogens is 150 g/mol. The molecule has 0 bridgehead atoms. The van der Waals surface area contributed by atoms with Crippen molar-refractivity contribution in [3.63, 3.8) is 0 Å². The van der Waals surface area contributed by atoms with Crippen molar-refractivity contribution in [2.45, 2.75) is 47.0 Å². The van der Waals surface area contributed by atoms with E-state index in [9.17, 15) is 4.79 Å². The molecule has 0 aliphatic carbocycles. The summed E-state index contributed by atoms with van der Waals surface area (Å²) in [6.07, 6.45) is 2.77. The molecule has 1 amide bonds. The number of rotatable bonds is 5. The Morgan fingerprint density at radius 1 is 1.33 bits per heavy atom. The lowest BCUT2D eigenvalue weighted by Crippen LogP contribution is -2.24. The standard InChI is InChI=1S/C10H21NO/c1-5-10(3,4)8-7-9(12)11-6-2/h5-8H2,1-4H3,(H,11,12). The van der Waals surface area contributed by atoms with Crippen molar-refractivity contribution in [2.24, 2.45) is 5.41 Å². The normalized spacial score (nSPS) is 11.3. The van der Waals surface area contributed by atoms with Crippen LogP contribution in [0.2, 0.25) is 0 Å². The van der Waals surface area contributed by atoms with Crippen molar-refractivity contribution in [3.8, 4) is 0 Å². The van der Waals surface area contributed by atoms with Gasteiger partial charge in [0.15, 0.2) is 0 Å². The van der Waals surface area contributed by atoms with E-state index in [0.717, 1.165) is 19.4 Å². The summed E-state index contributed by atoms with van der Waals surface area (Å²) in [5.74, 6) is 0.180. The monoisotopic (exact) mass is 171 g/mol. The van der Waals surface area contributed by atoms with E-state index in [1.54, 1.807) is 0 Å². The van der Waals surface area contributed by atoms with Crippen molar-refractivity contribution >= 4 is 5.91 Å². The lowest BCUT2D eigenvalue weighted by molar-refractivity contribution is -0.121. The Labute approximate surface area is 75.7 Å². The topological polar surface area (TPSA) is 29.1 Å². The fourth-order valence-corrected chi connectivity index (χ4v) is 0.914. The summed E-state index contributed by atoms with van der Waals surface area (Å²) in [5, 5.41) is 2.80. The molecule has 0 saturated heterocycles. The van der Waals surface area contributed by atoms with E-state index < -0.39 is 0 Å². The van der Waals surface area contributed by atoms with Gasteiger partial charge in [0, 0.05) is 13.0 Å². The molecule has 12 heavy (non-hydrogen) atoms. The quantitative estimate of drug-likeness (QED) is 0.676. The molecule has 0 aromatic heterocycles. The Morgan fingerprint density at radius 3 is 2.33 bits per heavy atom. The summed E-state index contributed by atoms with van der Waals surface area (Å²) >= 11 is 0. The van der Waals surface area contributed by atoms with Crippen LogP contribution >= 0.6 is 0 Å². The predicted octanol–water partition coefficient (Wildman–Crippen LogP) is 2.34. The molecule has 0 aromatic rings. The number of carbonyl (C=O) groups is 1. The third-order valence-electron chi connectivity index (χ3n) is 2.36. The molecule has 0 unspecified atom stereocenters. The highest BCUT2D eigenvalue weighted by Gasteiger charge is 2.15. The number of carbonyl (C=O) groups excluding carboxylic acids is 1. The highest BCUT2D eigenvalue weighted by atomic mass is 16.1. The van der Waals surface area contributed by atoms with Gasteiger partial charge in [-0.05, 0) is 18.8 Å². The summed E-state index contributed by atoms with van der Waals surface area (Å²) in [6, 6.07) is 0. The van der Waals surface area contributed by atoms with Crippen LogP contribution in [0, 0.1) is 5.41 Å². The van der Waals surface area contributed by atoms with Gasteiger partial charge < -0.3 is 5.32 Å². The lowest BCUT2D eigenvalue weighted by atomic mass is 9.85. The van der Waals surface area contributed by atoms with Crippen LogP contribution in [0.4, 0.5) is 0 Å². The highest BCUT2D eigenvalue weighted by Crippen LogP contribution is 2.25. The van der Waals surface area contributed by atoms with Gasteiger partial charge in [0.25, 0.3) is 0 Å². The Balaban J connectivity index is 3.60. The van der Waals surface area contributed by atoms with Gasteiger partial charge in [-0.25, -0.2) is 0 Å². The Hall–Kier alpha value is -0.530. The largest absolute Gasteiger partial charge is 0.356 e. The summed E-state index contributed by atoms with van der Waals surface area (Å²) in [4.78, 5) is 11.1. The van der Waals surface area contributed by atoms with Crippen LogP contribution in [0.25, 0.3) is 0 Å². The zero-order chi connectivity index (χ0) is 9.61. The predicted molar refractivity (Wildman–Crippen MR) is 52.0 cm³/mol. The van der Waals surface area contributed by atoms with Crippen LogP contribution in [0.3, 0.4) is 0 Å². The van der Waals surface area contributed by atoms with Gasteiger partial charge >= 0.3 is 0 Å². The number of amides is 1. The van der Waals surface area contributed by atoms with Gasteiger partial charge in [-0.1, -0.05) is 27.2 Å². The molecule has 0 saturated carbocycles. The second kappa shape index (κ2) is 5.18. The van der Waals surface area contributed by atoms with Gasteiger partial charge in [0.2, 0.25) is 5.91 Å². The van der Waals surface area contributed by atoms with Crippen molar-refractivity contribution in [1.29, 1.82) is 0 Å². The number of nitrogens with one attached hydrogen (secondary N) is 1. The lowest BCUT2D eigenvalue weighted by Gasteiger charge is -2.21. The van der Waals surface area contributed by atoms with Crippen molar-refractivity contribution in [3.05, 3.63) is 0 Å². The minimum atomic E-state index is 0.180. The van der Waals surface area contributed by atoms with Crippen LogP contribution in [0.5, 0.6) is 0 Å². The summed E-state index contributed by atoms with van der Waals surface area (Å²) < 4.78 is 0. The zero-order valence-electron chi connectivity index (χ0n) is 8.74. The highest BCUT2D eigenvalue weighted by molar-refractivity contribution is 5.75. The third kappa shape index (κ3) is 5.16. The molecule has 0 radical (unpaired) electrons. The van der Waals surface area contributed by atoms with Gasteiger partial charge in [0.05, 0.1) is 0 Å². The molecule has 2 nitrogen and oxygen atoms in total. The maximum absolute atomic E-state index is 11.1. The second-order valence-corrected chi connectivity index (χ2v) is 3.97.